The number of methoxy groups -OCH3 is 1. The van der Waals surface area contributed by atoms with Crippen molar-refractivity contribution in [3.63, 3.8) is 0 Å². The van der Waals surface area contributed by atoms with Gasteiger partial charge in [-0.2, -0.15) is 0 Å². The van der Waals surface area contributed by atoms with Crippen molar-refractivity contribution in [2.45, 2.75) is 19.4 Å². The molecule has 6 heteroatoms. The molecule has 0 aromatic heterocycles. The van der Waals surface area contributed by atoms with Gasteiger partial charge in [-0.3, -0.25) is 4.79 Å². The Kier molecular flexibility index (Phi) is 4.97. The van der Waals surface area contributed by atoms with Crippen molar-refractivity contribution >= 4 is 23.5 Å². The highest BCUT2D eigenvalue weighted by Gasteiger charge is 2.20. The van der Waals surface area contributed by atoms with Crippen LogP contribution in [0.3, 0.4) is 0 Å². The van der Waals surface area contributed by atoms with Crippen molar-refractivity contribution in [1.29, 1.82) is 0 Å². The minimum absolute atomic E-state index is 0.213. The summed E-state index contributed by atoms with van der Waals surface area (Å²) in [5.74, 6) is -1.26. The molecule has 0 fully saturated rings. The first kappa shape index (κ1) is 14.3. The minimum Gasteiger partial charge on any atom is -0.496 e. The largest absolute Gasteiger partial charge is 0.496 e. The third-order valence-corrected chi connectivity index (χ3v) is 2.65. The fraction of sp³-hybridized carbons (Fsp3) is 0.333. The van der Waals surface area contributed by atoms with Gasteiger partial charge in [0, 0.05) is 5.02 Å². The highest BCUT2D eigenvalue weighted by molar-refractivity contribution is 6.31. The van der Waals surface area contributed by atoms with Gasteiger partial charge in [0.05, 0.1) is 12.7 Å². The normalized spacial score (nSPS) is 11.7. The Balaban J connectivity index is 2.96. The molecule has 98 valence electrons. The number of carbonyl (C=O) groups excluding carboxylic acids is 1. The molecule has 1 aromatic rings. The number of halogens is 1. The predicted molar refractivity (Wildman–Crippen MR) is 67.2 cm³/mol. The number of hydrogen-bond acceptors (Lipinski definition) is 3. The van der Waals surface area contributed by atoms with E-state index in [0.29, 0.717) is 17.2 Å². The molecule has 0 aliphatic carbocycles. The summed E-state index contributed by atoms with van der Waals surface area (Å²) in [6.45, 7) is 1.67. The van der Waals surface area contributed by atoms with Gasteiger partial charge in [0.2, 0.25) is 0 Å². The van der Waals surface area contributed by atoms with Crippen LogP contribution in [0.25, 0.3) is 0 Å². The van der Waals surface area contributed by atoms with Crippen molar-refractivity contribution in [3.05, 3.63) is 28.8 Å². The molecule has 2 N–H and O–H groups in total. The second-order valence-corrected chi connectivity index (χ2v) is 4.05. The van der Waals surface area contributed by atoms with Gasteiger partial charge in [-0.15, -0.1) is 0 Å². The van der Waals surface area contributed by atoms with Gasteiger partial charge in [0.15, 0.2) is 0 Å². The molecular weight excluding hydrogens is 258 g/mol. The predicted octanol–water partition coefficient (Wildman–Crippen LogP) is 1.94. The summed E-state index contributed by atoms with van der Waals surface area (Å²) in [6, 6.07) is 3.65. The molecule has 0 spiro atoms. The zero-order chi connectivity index (χ0) is 13.7. The number of carboxylic acid groups (broad SMARTS) is 1. The Morgan fingerprint density at radius 1 is 1.50 bits per heavy atom. The monoisotopic (exact) mass is 271 g/mol. The first-order chi connectivity index (χ1) is 8.49. The molecule has 0 saturated carbocycles. The third kappa shape index (κ3) is 3.37. The summed E-state index contributed by atoms with van der Waals surface area (Å²) < 4.78 is 5.03. The van der Waals surface area contributed by atoms with Crippen LogP contribution >= 0.6 is 11.6 Å². The first-order valence-corrected chi connectivity index (χ1v) is 5.74. The lowest BCUT2D eigenvalue weighted by atomic mass is 10.1. The van der Waals surface area contributed by atoms with E-state index < -0.39 is 17.9 Å². The Morgan fingerprint density at radius 3 is 2.67 bits per heavy atom. The molecule has 0 heterocycles. The fourth-order valence-corrected chi connectivity index (χ4v) is 1.60. The smallest absolute Gasteiger partial charge is 0.326 e. The van der Waals surface area contributed by atoms with Crippen LogP contribution in [0.5, 0.6) is 5.75 Å². The number of hydrogen-bond donors (Lipinski definition) is 2. The SMILES string of the molecule is CCC(NC(=O)c1cc(Cl)ccc1OC)C(=O)O. The molecular formula is C12H14ClNO4. The van der Waals surface area contributed by atoms with E-state index >= 15 is 0 Å². The number of carbonyl (C=O) groups is 2. The van der Waals surface area contributed by atoms with Gasteiger partial charge in [0.25, 0.3) is 5.91 Å². The molecule has 0 aliphatic rings. The topological polar surface area (TPSA) is 75.6 Å². The standard InChI is InChI=1S/C12H14ClNO4/c1-3-9(12(16)17)14-11(15)8-6-7(13)4-5-10(8)18-2/h4-6,9H,3H2,1-2H3,(H,14,15)(H,16,17). The molecule has 5 nitrogen and oxygen atoms in total. The molecule has 1 aromatic carbocycles. The van der Waals surface area contributed by atoms with Crippen molar-refractivity contribution in [2.75, 3.05) is 7.11 Å². The van der Waals surface area contributed by atoms with Crippen LogP contribution in [-0.2, 0) is 4.79 Å². The zero-order valence-electron chi connectivity index (χ0n) is 10.1. The number of aliphatic carboxylic acids is 1. The molecule has 18 heavy (non-hydrogen) atoms. The third-order valence-electron chi connectivity index (χ3n) is 2.42. The van der Waals surface area contributed by atoms with Crippen LogP contribution in [-0.4, -0.2) is 30.1 Å². The second kappa shape index (κ2) is 6.26. The van der Waals surface area contributed by atoms with Crippen LogP contribution in [0, 0.1) is 0 Å². The number of nitrogens with one attached hydrogen (secondary N) is 1. The lowest BCUT2D eigenvalue weighted by Gasteiger charge is -2.14. The highest BCUT2D eigenvalue weighted by Crippen LogP contribution is 2.22. The van der Waals surface area contributed by atoms with E-state index in [1.54, 1.807) is 19.1 Å². The molecule has 1 rings (SSSR count). The van der Waals surface area contributed by atoms with Gasteiger partial charge in [-0.1, -0.05) is 18.5 Å². The van der Waals surface area contributed by atoms with Crippen LogP contribution < -0.4 is 10.1 Å². The number of carboxylic acids is 1. The molecule has 1 unspecified atom stereocenters. The van der Waals surface area contributed by atoms with Crippen LogP contribution in [0.2, 0.25) is 5.02 Å². The van der Waals surface area contributed by atoms with E-state index in [1.807, 2.05) is 0 Å². The first-order valence-electron chi connectivity index (χ1n) is 5.36. The van der Waals surface area contributed by atoms with Crippen molar-refractivity contribution in [1.82, 2.24) is 5.32 Å². The Morgan fingerprint density at radius 2 is 2.17 bits per heavy atom. The minimum atomic E-state index is -1.08. The quantitative estimate of drug-likeness (QED) is 0.858. The van der Waals surface area contributed by atoms with Gasteiger partial charge < -0.3 is 15.2 Å². The molecule has 0 bridgehead atoms. The average molecular weight is 272 g/mol. The van der Waals surface area contributed by atoms with Crippen LogP contribution in [0.1, 0.15) is 23.7 Å². The van der Waals surface area contributed by atoms with E-state index in [4.69, 9.17) is 21.4 Å². The Labute approximate surface area is 110 Å². The van der Waals surface area contributed by atoms with Gasteiger partial charge in [0.1, 0.15) is 11.8 Å². The Bertz CT molecular complexity index is 461. The maximum absolute atomic E-state index is 11.9. The van der Waals surface area contributed by atoms with Crippen molar-refractivity contribution < 1.29 is 19.4 Å². The maximum atomic E-state index is 11.9. The zero-order valence-corrected chi connectivity index (χ0v) is 10.8. The number of rotatable bonds is 5. The van der Waals surface area contributed by atoms with E-state index in [0.717, 1.165) is 0 Å². The number of ether oxygens (including phenoxy) is 1. The van der Waals surface area contributed by atoms with Crippen molar-refractivity contribution in [3.8, 4) is 5.75 Å². The van der Waals surface area contributed by atoms with Gasteiger partial charge in [-0.25, -0.2) is 4.79 Å². The van der Waals surface area contributed by atoms with Gasteiger partial charge in [-0.05, 0) is 24.6 Å². The molecule has 0 saturated heterocycles. The number of benzene rings is 1. The molecule has 0 aliphatic heterocycles. The molecule has 1 atom stereocenters. The summed E-state index contributed by atoms with van der Waals surface area (Å²) in [5.41, 5.74) is 0.213. The maximum Gasteiger partial charge on any atom is 0.326 e. The summed E-state index contributed by atoms with van der Waals surface area (Å²) in [6.07, 6.45) is 0.296. The van der Waals surface area contributed by atoms with E-state index in [1.165, 1.54) is 13.2 Å². The van der Waals surface area contributed by atoms with E-state index in [2.05, 4.69) is 5.32 Å². The summed E-state index contributed by atoms with van der Waals surface area (Å²) in [7, 11) is 1.43. The van der Waals surface area contributed by atoms with Crippen LogP contribution in [0.15, 0.2) is 18.2 Å². The van der Waals surface area contributed by atoms with Crippen molar-refractivity contribution in [2.24, 2.45) is 0 Å². The Hall–Kier alpha value is -1.75. The van der Waals surface area contributed by atoms with Crippen LogP contribution in [0.4, 0.5) is 0 Å². The van der Waals surface area contributed by atoms with E-state index in [9.17, 15) is 9.59 Å². The summed E-state index contributed by atoms with van der Waals surface area (Å²) in [4.78, 5) is 22.8. The van der Waals surface area contributed by atoms with E-state index in [-0.39, 0.29) is 5.56 Å². The lowest BCUT2D eigenvalue weighted by molar-refractivity contribution is -0.139. The highest BCUT2D eigenvalue weighted by atomic mass is 35.5. The molecule has 1 amide bonds. The summed E-state index contributed by atoms with van der Waals surface area (Å²) in [5, 5.41) is 11.7. The fourth-order valence-electron chi connectivity index (χ4n) is 1.43. The molecule has 0 radical (unpaired) electrons. The average Bonchev–Trinajstić information content (AvgIpc) is 2.35. The lowest BCUT2D eigenvalue weighted by Crippen LogP contribution is -2.40. The number of amides is 1. The second-order valence-electron chi connectivity index (χ2n) is 3.62. The summed E-state index contributed by atoms with van der Waals surface area (Å²) >= 11 is 5.80. The van der Waals surface area contributed by atoms with Gasteiger partial charge >= 0.3 is 5.97 Å².